The predicted molar refractivity (Wildman–Crippen MR) is 112 cm³/mol. The van der Waals surface area contributed by atoms with Crippen molar-refractivity contribution in [2.24, 2.45) is 0 Å². The Hall–Kier alpha value is -2.01. The fourth-order valence-electron chi connectivity index (χ4n) is 3.59. The highest BCUT2D eigenvalue weighted by molar-refractivity contribution is 7.80. The molecule has 144 valence electrons. The summed E-state index contributed by atoms with van der Waals surface area (Å²) in [5, 5.41) is 4.37. The number of pyridine rings is 1. The summed E-state index contributed by atoms with van der Waals surface area (Å²) in [5.41, 5.74) is 2.16. The summed E-state index contributed by atoms with van der Waals surface area (Å²) in [5.74, 6) is -0.215. The topological polar surface area (TPSA) is 28.2 Å². The van der Waals surface area contributed by atoms with E-state index in [9.17, 15) is 4.39 Å². The second kappa shape index (κ2) is 10.4. The van der Waals surface area contributed by atoms with Crippen LogP contribution in [0.2, 0.25) is 0 Å². The highest BCUT2D eigenvalue weighted by Gasteiger charge is 2.17. The van der Waals surface area contributed by atoms with Gasteiger partial charge in [-0.3, -0.25) is 4.98 Å². The van der Waals surface area contributed by atoms with Crippen molar-refractivity contribution in [3.63, 3.8) is 0 Å². The lowest BCUT2D eigenvalue weighted by atomic mass is 9.97. The number of hydrogen-bond acceptors (Lipinski definition) is 2. The molecule has 1 aromatic heterocycles. The molecule has 0 bridgehead atoms. The van der Waals surface area contributed by atoms with Crippen LogP contribution in [-0.4, -0.2) is 21.0 Å². The Morgan fingerprint density at radius 1 is 1.00 bits per heavy atom. The zero-order valence-electron chi connectivity index (χ0n) is 15.7. The van der Waals surface area contributed by atoms with E-state index in [4.69, 9.17) is 12.2 Å². The zero-order valence-corrected chi connectivity index (χ0v) is 16.6. The number of nitrogens with zero attached hydrogens (tertiary/aromatic N) is 2. The summed E-state index contributed by atoms with van der Waals surface area (Å²) in [6.45, 7) is 1.33. The summed E-state index contributed by atoms with van der Waals surface area (Å²) in [6.07, 6.45) is 12.5. The first-order valence-electron chi connectivity index (χ1n) is 9.89. The first-order chi connectivity index (χ1) is 13.2. The maximum Gasteiger partial charge on any atom is 0.169 e. The SMILES string of the molecule is Fc1ccc(CN(Cc2cccnc2)C(=S)NC2CCCCCCC2)cc1. The van der Waals surface area contributed by atoms with E-state index in [1.807, 2.05) is 24.4 Å². The van der Waals surface area contributed by atoms with E-state index in [1.165, 1.54) is 57.1 Å². The van der Waals surface area contributed by atoms with Gasteiger partial charge < -0.3 is 10.2 Å². The van der Waals surface area contributed by atoms with Crippen LogP contribution in [0.4, 0.5) is 4.39 Å². The van der Waals surface area contributed by atoms with Crippen LogP contribution in [-0.2, 0) is 13.1 Å². The maximum absolute atomic E-state index is 13.3. The largest absolute Gasteiger partial charge is 0.360 e. The third-order valence-electron chi connectivity index (χ3n) is 5.10. The molecule has 0 saturated heterocycles. The number of halogens is 1. The fraction of sp³-hybridized carbons (Fsp3) is 0.455. The molecule has 0 amide bonds. The van der Waals surface area contributed by atoms with Gasteiger partial charge in [-0.1, -0.05) is 50.3 Å². The van der Waals surface area contributed by atoms with Crippen molar-refractivity contribution in [1.29, 1.82) is 0 Å². The van der Waals surface area contributed by atoms with Gasteiger partial charge in [-0.15, -0.1) is 0 Å². The minimum Gasteiger partial charge on any atom is -0.360 e. The molecule has 0 aliphatic heterocycles. The van der Waals surface area contributed by atoms with Gasteiger partial charge in [0.2, 0.25) is 0 Å². The molecule has 0 atom stereocenters. The summed E-state index contributed by atoms with van der Waals surface area (Å²) in [4.78, 5) is 6.37. The van der Waals surface area contributed by atoms with Crippen molar-refractivity contribution >= 4 is 17.3 Å². The lowest BCUT2D eigenvalue weighted by molar-refractivity contribution is 0.370. The molecule has 5 heteroatoms. The van der Waals surface area contributed by atoms with Crippen LogP contribution in [0.15, 0.2) is 48.8 Å². The normalized spacial score (nSPS) is 15.6. The first kappa shape index (κ1) is 19.7. The quantitative estimate of drug-likeness (QED) is 0.715. The Kier molecular flexibility index (Phi) is 7.57. The van der Waals surface area contributed by atoms with Gasteiger partial charge >= 0.3 is 0 Å². The summed E-state index contributed by atoms with van der Waals surface area (Å²) >= 11 is 5.78. The first-order valence-corrected chi connectivity index (χ1v) is 10.3. The van der Waals surface area contributed by atoms with E-state index in [-0.39, 0.29) is 5.82 Å². The van der Waals surface area contributed by atoms with Gasteiger partial charge in [-0.2, -0.15) is 0 Å². The van der Waals surface area contributed by atoms with E-state index in [0.717, 1.165) is 16.2 Å². The minimum absolute atomic E-state index is 0.215. The molecule has 1 aliphatic rings. The van der Waals surface area contributed by atoms with Gasteiger partial charge in [0, 0.05) is 31.5 Å². The van der Waals surface area contributed by atoms with Crippen LogP contribution < -0.4 is 5.32 Å². The summed E-state index contributed by atoms with van der Waals surface area (Å²) in [6, 6.07) is 11.1. The molecule has 27 heavy (non-hydrogen) atoms. The van der Waals surface area contributed by atoms with Crippen LogP contribution in [0, 0.1) is 5.82 Å². The molecule has 1 heterocycles. The van der Waals surface area contributed by atoms with Crippen LogP contribution in [0.1, 0.15) is 56.1 Å². The highest BCUT2D eigenvalue weighted by atomic mass is 32.1. The molecule has 3 rings (SSSR count). The van der Waals surface area contributed by atoms with Crippen molar-refractivity contribution < 1.29 is 4.39 Å². The molecule has 1 fully saturated rings. The summed E-state index contributed by atoms with van der Waals surface area (Å²) < 4.78 is 13.3. The van der Waals surface area contributed by atoms with E-state index < -0.39 is 0 Å². The van der Waals surface area contributed by atoms with Crippen molar-refractivity contribution in [2.75, 3.05) is 0 Å². The van der Waals surface area contributed by atoms with Gasteiger partial charge in [0.05, 0.1) is 0 Å². The molecule has 0 spiro atoms. The molecule has 1 aromatic carbocycles. The van der Waals surface area contributed by atoms with Gasteiger partial charge in [0.15, 0.2) is 5.11 Å². The van der Waals surface area contributed by atoms with Crippen molar-refractivity contribution in [3.05, 3.63) is 65.7 Å². The van der Waals surface area contributed by atoms with E-state index in [1.54, 1.807) is 6.20 Å². The average Bonchev–Trinajstić information content (AvgIpc) is 2.66. The van der Waals surface area contributed by atoms with Crippen LogP contribution >= 0.6 is 12.2 Å². The smallest absolute Gasteiger partial charge is 0.169 e. The van der Waals surface area contributed by atoms with Gasteiger partial charge in [0.1, 0.15) is 5.82 Å². The van der Waals surface area contributed by atoms with Crippen LogP contribution in [0.25, 0.3) is 0 Å². The number of hydrogen-bond donors (Lipinski definition) is 1. The molecule has 1 aliphatic carbocycles. The molecular formula is C22H28FN3S. The van der Waals surface area contributed by atoms with Gasteiger partial charge in [-0.25, -0.2) is 4.39 Å². The van der Waals surface area contributed by atoms with E-state index in [0.29, 0.717) is 19.1 Å². The number of aromatic nitrogens is 1. The minimum atomic E-state index is -0.215. The zero-order chi connectivity index (χ0) is 18.9. The van der Waals surface area contributed by atoms with Crippen molar-refractivity contribution in [3.8, 4) is 0 Å². The lowest BCUT2D eigenvalue weighted by Crippen LogP contribution is -2.44. The molecular weight excluding hydrogens is 357 g/mol. The molecule has 0 unspecified atom stereocenters. The second-order valence-electron chi connectivity index (χ2n) is 7.34. The Bertz CT molecular complexity index is 697. The average molecular weight is 386 g/mol. The van der Waals surface area contributed by atoms with Crippen LogP contribution in [0.3, 0.4) is 0 Å². The van der Waals surface area contributed by atoms with Crippen LogP contribution in [0.5, 0.6) is 0 Å². The standard InChI is InChI=1S/C22H28FN3S/c23-20-12-10-18(11-13-20)16-26(17-19-7-6-14-24-15-19)22(27)25-21-8-4-2-1-3-5-9-21/h6-7,10-15,21H,1-5,8-9,16-17H2,(H,25,27). The molecule has 3 nitrogen and oxygen atoms in total. The third kappa shape index (κ3) is 6.58. The van der Waals surface area contributed by atoms with E-state index in [2.05, 4.69) is 21.3 Å². The summed E-state index contributed by atoms with van der Waals surface area (Å²) in [7, 11) is 0. The van der Waals surface area contributed by atoms with E-state index >= 15 is 0 Å². The van der Waals surface area contributed by atoms with Crippen molar-refractivity contribution in [1.82, 2.24) is 15.2 Å². The third-order valence-corrected chi connectivity index (χ3v) is 5.48. The predicted octanol–water partition coefficient (Wildman–Crippen LogP) is 5.21. The highest BCUT2D eigenvalue weighted by Crippen LogP contribution is 2.18. The Morgan fingerprint density at radius 3 is 2.33 bits per heavy atom. The number of rotatable bonds is 5. The molecule has 2 aromatic rings. The van der Waals surface area contributed by atoms with Gasteiger partial charge in [-0.05, 0) is 54.4 Å². The number of nitrogens with one attached hydrogen (secondary N) is 1. The number of thiocarbonyl (C=S) groups is 1. The molecule has 1 N–H and O–H groups in total. The van der Waals surface area contributed by atoms with Crippen molar-refractivity contribution in [2.45, 2.75) is 64.1 Å². The Labute approximate surface area is 167 Å². The fourth-order valence-corrected chi connectivity index (χ4v) is 3.88. The monoisotopic (exact) mass is 385 g/mol. The lowest BCUT2D eigenvalue weighted by Gasteiger charge is -2.30. The number of benzene rings is 1. The second-order valence-corrected chi connectivity index (χ2v) is 7.72. The Balaban J connectivity index is 1.69. The molecule has 1 saturated carbocycles. The van der Waals surface area contributed by atoms with Gasteiger partial charge in [0.25, 0.3) is 0 Å². The Morgan fingerprint density at radius 2 is 1.67 bits per heavy atom. The maximum atomic E-state index is 13.3. The molecule has 0 radical (unpaired) electrons.